The molecule has 0 aromatic carbocycles. The van der Waals surface area contributed by atoms with Crippen molar-refractivity contribution in [2.45, 2.75) is 89.6 Å². The molecule has 2 aliphatic rings. The second-order valence-electron chi connectivity index (χ2n) is 7.40. The Labute approximate surface area is 119 Å². The van der Waals surface area contributed by atoms with Crippen LogP contribution in [0.3, 0.4) is 0 Å². The monoisotopic (exact) mass is 266 g/mol. The van der Waals surface area contributed by atoms with Crippen molar-refractivity contribution in [2.75, 3.05) is 6.54 Å². The molecule has 2 atom stereocenters. The molecule has 2 rings (SSSR count). The Bertz CT molecular complexity index is 258. The van der Waals surface area contributed by atoms with Gasteiger partial charge in [0.15, 0.2) is 0 Å². The lowest BCUT2D eigenvalue weighted by Gasteiger charge is -2.38. The third-order valence-electron chi connectivity index (χ3n) is 5.67. The van der Waals surface area contributed by atoms with E-state index in [4.69, 9.17) is 5.73 Å². The average Bonchev–Trinajstić information content (AvgIpc) is 2.63. The molecule has 2 aliphatic carbocycles. The van der Waals surface area contributed by atoms with Crippen LogP contribution in [0.1, 0.15) is 78.1 Å². The Balaban J connectivity index is 1.93. The van der Waals surface area contributed by atoms with E-state index in [-0.39, 0.29) is 5.54 Å². The van der Waals surface area contributed by atoms with Crippen molar-refractivity contribution >= 4 is 0 Å². The summed E-state index contributed by atoms with van der Waals surface area (Å²) in [6, 6.07) is 0.743. The van der Waals surface area contributed by atoms with Crippen molar-refractivity contribution in [1.29, 1.82) is 0 Å². The largest absolute Gasteiger partial charge is 0.329 e. The molecule has 0 aromatic rings. The molecule has 0 spiro atoms. The fourth-order valence-corrected chi connectivity index (χ4v) is 4.19. The third-order valence-corrected chi connectivity index (χ3v) is 5.67. The van der Waals surface area contributed by atoms with Crippen LogP contribution in [0.15, 0.2) is 0 Å². The van der Waals surface area contributed by atoms with Gasteiger partial charge in [0, 0.05) is 18.1 Å². The van der Waals surface area contributed by atoms with Gasteiger partial charge in [-0.05, 0) is 43.9 Å². The van der Waals surface area contributed by atoms with E-state index in [1.165, 1.54) is 64.2 Å². The summed E-state index contributed by atoms with van der Waals surface area (Å²) in [5.41, 5.74) is 6.44. The highest BCUT2D eigenvalue weighted by atomic mass is 15.0. The minimum atomic E-state index is 0.256. The molecule has 112 valence electrons. The first-order valence-electron chi connectivity index (χ1n) is 8.63. The summed E-state index contributed by atoms with van der Waals surface area (Å²) in [6.07, 6.45) is 13.7. The zero-order valence-electron chi connectivity index (χ0n) is 13.1. The predicted octanol–water partition coefficient (Wildman–Crippen LogP) is 3.84. The van der Waals surface area contributed by atoms with Gasteiger partial charge in [-0.2, -0.15) is 0 Å². The van der Waals surface area contributed by atoms with E-state index >= 15 is 0 Å². The van der Waals surface area contributed by atoms with Crippen molar-refractivity contribution < 1.29 is 0 Å². The van der Waals surface area contributed by atoms with E-state index in [1.54, 1.807) is 0 Å². The fourth-order valence-electron chi connectivity index (χ4n) is 4.19. The molecule has 0 aliphatic heterocycles. The first kappa shape index (κ1) is 15.3. The zero-order valence-corrected chi connectivity index (χ0v) is 13.1. The molecule has 0 radical (unpaired) electrons. The van der Waals surface area contributed by atoms with Gasteiger partial charge in [-0.1, -0.05) is 46.0 Å². The number of rotatable bonds is 4. The molecular weight excluding hydrogens is 232 g/mol. The lowest BCUT2D eigenvalue weighted by Crippen LogP contribution is -2.55. The molecule has 3 N–H and O–H groups in total. The van der Waals surface area contributed by atoms with Crippen LogP contribution in [0.5, 0.6) is 0 Å². The third kappa shape index (κ3) is 4.19. The predicted molar refractivity (Wildman–Crippen MR) is 83.2 cm³/mol. The van der Waals surface area contributed by atoms with E-state index < -0.39 is 0 Å². The summed E-state index contributed by atoms with van der Waals surface area (Å²) in [4.78, 5) is 0. The van der Waals surface area contributed by atoms with Crippen molar-refractivity contribution in [1.82, 2.24) is 5.32 Å². The zero-order chi connectivity index (χ0) is 13.7. The smallest absolute Gasteiger partial charge is 0.0306 e. The van der Waals surface area contributed by atoms with Crippen LogP contribution in [0.4, 0.5) is 0 Å². The van der Waals surface area contributed by atoms with Crippen molar-refractivity contribution in [3.8, 4) is 0 Å². The van der Waals surface area contributed by atoms with Gasteiger partial charge >= 0.3 is 0 Å². The van der Waals surface area contributed by atoms with Gasteiger partial charge in [0.2, 0.25) is 0 Å². The van der Waals surface area contributed by atoms with E-state index in [9.17, 15) is 0 Å². The van der Waals surface area contributed by atoms with Crippen LogP contribution < -0.4 is 11.1 Å². The minimum Gasteiger partial charge on any atom is -0.329 e. The van der Waals surface area contributed by atoms with Gasteiger partial charge in [0.05, 0.1) is 0 Å². The number of nitrogens with two attached hydrogens (primary N) is 1. The van der Waals surface area contributed by atoms with Gasteiger partial charge < -0.3 is 11.1 Å². The molecular formula is C17H34N2. The van der Waals surface area contributed by atoms with Crippen LogP contribution in [0.25, 0.3) is 0 Å². The average molecular weight is 266 g/mol. The number of nitrogens with one attached hydrogen (secondary N) is 1. The van der Waals surface area contributed by atoms with E-state index in [2.05, 4.69) is 19.2 Å². The first-order chi connectivity index (χ1) is 9.15. The summed E-state index contributed by atoms with van der Waals surface area (Å²) in [5.74, 6) is 1.75. The molecule has 0 saturated heterocycles. The Morgan fingerprint density at radius 2 is 1.74 bits per heavy atom. The maximum absolute atomic E-state index is 6.18. The lowest BCUT2D eigenvalue weighted by molar-refractivity contribution is 0.222. The molecule has 19 heavy (non-hydrogen) atoms. The van der Waals surface area contributed by atoms with Crippen LogP contribution in [-0.2, 0) is 0 Å². The molecule has 2 saturated carbocycles. The van der Waals surface area contributed by atoms with Gasteiger partial charge in [0.1, 0.15) is 0 Å². The Kier molecular flexibility index (Phi) is 5.70. The van der Waals surface area contributed by atoms with Crippen molar-refractivity contribution in [2.24, 2.45) is 17.6 Å². The first-order valence-corrected chi connectivity index (χ1v) is 8.63. The van der Waals surface area contributed by atoms with Crippen molar-refractivity contribution in [3.63, 3.8) is 0 Å². The highest BCUT2D eigenvalue weighted by Gasteiger charge is 2.34. The van der Waals surface area contributed by atoms with E-state index in [0.29, 0.717) is 0 Å². The highest BCUT2D eigenvalue weighted by Crippen LogP contribution is 2.34. The summed E-state index contributed by atoms with van der Waals surface area (Å²) in [7, 11) is 0. The maximum atomic E-state index is 6.18. The Hall–Kier alpha value is -0.0800. The molecule has 2 nitrogen and oxygen atoms in total. The summed E-state index contributed by atoms with van der Waals surface area (Å²) in [5, 5.41) is 4.00. The summed E-state index contributed by atoms with van der Waals surface area (Å²) >= 11 is 0. The molecule has 0 amide bonds. The normalized spacial score (nSPS) is 34.4. The van der Waals surface area contributed by atoms with Crippen molar-refractivity contribution in [3.05, 3.63) is 0 Å². The van der Waals surface area contributed by atoms with Crippen LogP contribution in [-0.4, -0.2) is 18.1 Å². The molecule has 0 heterocycles. The van der Waals surface area contributed by atoms with Gasteiger partial charge in [-0.25, -0.2) is 0 Å². The highest BCUT2D eigenvalue weighted by molar-refractivity contribution is 4.95. The van der Waals surface area contributed by atoms with Crippen LogP contribution >= 0.6 is 0 Å². The molecule has 2 heteroatoms. The molecule has 0 aromatic heterocycles. The quantitative estimate of drug-likeness (QED) is 0.759. The van der Waals surface area contributed by atoms with Gasteiger partial charge in [0.25, 0.3) is 0 Å². The van der Waals surface area contributed by atoms with E-state index in [0.717, 1.165) is 24.4 Å². The topological polar surface area (TPSA) is 38.0 Å². The second kappa shape index (κ2) is 7.08. The number of hydrogen-bond acceptors (Lipinski definition) is 2. The van der Waals surface area contributed by atoms with Crippen LogP contribution in [0, 0.1) is 11.8 Å². The lowest BCUT2D eigenvalue weighted by atomic mass is 9.84. The molecule has 2 unspecified atom stereocenters. The Morgan fingerprint density at radius 1 is 1.00 bits per heavy atom. The standard InChI is InChI=1S/C17H34N2/c1-14(2)15-7-6-11-17(13-18,12-10-15)19-16-8-4-3-5-9-16/h14-16,19H,3-13,18H2,1-2H3. The summed E-state index contributed by atoms with van der Waals surface area (Å²) < 4.78 is 0. The number of hydrogen-bond donors (Lipinski definition) is 2. The summed E-state index contributed by atoms with van der Waals surface area (Å²) in [6.45, 7) is 5.59. The molecule has 2 fully saturated rings. The minimum absolute atomic E-state index is 0.256. The molecule has 0 bridgehead atoms. The maximum Gasteiger partial charge on any atom is 0.0306 e. The van der Waals surface area contributed by atoms with Gasteiger partial charge in [-0.3, -0.25) is 0 Å². The fraction of sp³-hybridized carbons (Fsp3) is 1.00. The van der Waals surface area contributed by atoms with Crippen LogP contribution in [0.2, 0.25) is 0 Å². The van der Waals surface area contributed by atoms with E-state index in [1.807, 2.05) is 0 Å². The second-order valence-corrected chi connectivity index (χ2v) is 7.40. The Morgan fingerprint density at radius 3 is 2.37 bits per heavy atom. The SMILES string of the molecule is CC(C)C1CCCC(CN)(NC2CCCCC2)CC1. The van der Waals surface area contributed by atoms with Gasteiger partial charge in [-0.15, -0.1) is 0 Å².